The van der Waals surface area contributed by atoms with E-state index in [2.05, 4.69) is 47.6 Å². The lowest BCUT2D eigenvalue weighted by Gasteiger charge is -2.14. The normalized spacial score (nSPS) is 12.9. The zero-order chi connectivity index (χ0) is 8.97. The van der Waals surface area contributed by atoms with Crippen LogP contribution in [0, 0.1) is 0 Å². The number of nitrogens with one attached hydrogen (secondary N) is 1. The molecule has 0 fully saturated rings. The molecule has 0 aliphatic rings. The van der Waals surface area contributed by atoms with Gasteiger partial charge in [0.05, 0.1) is 10.2 Å². The molecule has 0 bridgehead atoms. The van der Waals surface area contributed by atoms with E-state index in [0.29, 0.717) is 6.04 Å². The zero-order valence-corrected chi connectivity index (χ0v) is 8.59. The summed E-state index contributed by atoms with van der Waals surface area (Å²) in [4.78, 5) is 0. The van der Waals surface area contributed by atoms with Crippen LogP contribution in [0.3, 0.4) is 0 Å². The maximum atomic E-state index is 3.58. The minimum Gasteiger partial charge on any atom is -0.310 e. The van der Waals surface area contributed by atoms with Crippen LogP contribution in [0.4, 0.5) is 0 Å². The maximum absolute atomic E-state index is 3.58. The van der Waals surface area contributed by atoms with Crippen LogP contribution in [0.1, 0.15) is 25.5 Å². The summed E-state index contributed by atoms with van der Waals surface area (Å²) in [6.45, 7) is 5.29. The smallest absolute Gasteiger partial charge is 0.0716 e. The van der Waals surface area contributed by atoms with E-state index >= 15 is 0 Å². The van der Waals surface area contributed by atoms with Crippen LogP contribution >= 0.6 is 0 Å². The first-order chi connectivity index (χ1) is 5.75. The van der Waals surface area contributed by atoms with Gasteiger partial charge in [0.25, 0.3) is 0 Å². The highest BCUT2D eigenvalue weighted by Crippen LogP contribution is 2.07. The first kappa shape index (κ1) is 9.48. The van der Waals surface area contributed by atoms with Gasteiger partial charge in [-0.25, -0.2) is 0 Å². The molecule has 1 aromatic carbocycles. The van der Waals surface area contributed by atoms with Gasteiger partial charge in [0.2, 0.25) is 0 Å². The van der Waals surface area contributed by atoms with Gasteiger partial charge >= 0.3 is 0 Å². The largest absolute Gasteiger partial charge is 0.310 e. The topological polar surface area (TPSA) is 12.0 Å². The fourth-order valence-electron chi connectivity index (χ4n) is 1.29. The predicted octanol–water partition coefficient (Wildman–Crippen LogP) is 1.15. The summed E-state index contributed by atoms with van der Waals surface area (Å²) in [6, 6.07) is 8.72. The lowest BCUT2D eigenvalue weighted by Crippen LogP contribution is -2.23. The summed E-state index contributed by atoms with van der Waals surface area (Å²) in [5, 5.41) is 4.54. The SMILES string of the molecule is CCNC(C)c1ccccc1[Si]. The Bertz CT molecular complexity index is 247. The van der Waals surface area contributed by atoms with Crippen LogP contribution in [0.25, 0.3) is 0 Å². The van der Waals surface area contributed by atoms with Gasteiger partial charge in [0, 0.05) is 6.04 Å². The second-order valence-electron chi connectivity index (χ2n) is 2.87. The summed E-state index contributed by atoms with van der Waals surface area (Å²) < 4.78 is 0. The summed E-state index contributed by atoms with van der Waals surface area (Å²) in [5.41, 5.74) is 1.32. The maximum Gasteiger partial charge on any atom is 0.0716 e. The van der Waals surface area contributed by atoms with E-state index in [-0.39, 0.29) is 0 Å². The minimum absolute atomic E-state index is 0.420. The highest BCUT2D eigenvalue weighted by molar-refractivity contribution is 6.33. The molecular formula is C10H14NSi. The molecule has 1 aromatic rings. The first-order valence-electron chi connectivity index (χ1n) is 4.29. The van der Waals surface area contributed by atoms with Gasteiger partial charge in [-0.05, 0) is 19.0 Å². The van der Waals surface area contributed by atoms with Crippen LogP contribution in [0.2, 0.25) is 0 Å². The second-order valence-corrected chi connectivity index (χ2v) is 3.41. The van der Waals surface area contributed by atoms with E-state index in [1.807, 2.05) is 6.07 Å². The van der Waals surface area contributed by atoms with Gasteiger partial charge in [-0.3, -0.25) is 0 Å². The summed E-state index contributed by atoms with van der Waals surface area (Å²) >= 11 is 0. The Kier molecular flexibility index (Phi) is 3.50. The fourth-order valence-corrected chi connectivity index (χ4v) is 1.69. The van der Waals surface area contributed by atoms with Crippen molar-refractivity contribution in [1.82, 2.24) is 5.32 Å². The van der Waals surface area contributed by atoms with E-state index < -0.39 is 0 Å². The molecule has 0 saturated carbocycles. The Labute approximate surface area is 77.6 Å². The predicted molar refractivity (Wildman–Crippen MR) is 53.9 cm³/mol. The Morgan fingerprint density at radius 1 is 1.42 bits per heavy atom. The van der Waals surface area contributed by atoms with Crippen LogP contribution < -0.4 is 10.5 Å². The molecule has 1 atom stereocenters. The molecule has 0 spiro atoms. The Balaban J connectivity index is 2.79. The average molecular weight is 176 g/mol. The number of benzene rings is 1. The zero-order valence-electron chi connectivity index (χ0n) is 7.59. The second kappa shape index (κ2) is 4.43. The molecule has 0 saturated heterocycles. The quantitative estimate of drug-likeness (QED) is 0.681. The Hall–Kier alpha value is -0.603. The summed E-state index contributed by atoms with van der Waals surface area (Å²) in [7, 11) is 3.58. The Morgan fingerprint density at radius 2 is 2.08 bits per heavy atom. The lowest BCUT2D eigenvalue weighted by atomic mass is 10.1. The molecule has 2 heteroatoms. The van der Waals surface area contributed by atoms with Crippen molar-refractivity contribution >= 4 is 15.4 Å². The third kappa shape index (κ3) is 2.19. The van der Waals surface area contributed by atoms with E-state index in [1.54, 1.807) is 0 Å². The molecular weight excluding hydrogens is 162 g/mol. The molecule has 0 amide bonds. The molecule has 3 radical (unpaired) electrons. The van der Waals surface area contributed by atoms with Crippen LogP contribution in [-0.4, -0.2) is 16.8 Å². The summed E-state index contributed by atoms with van der Waals surface area (Å²) in [5.74, 6) is 0. The third-order valence-corrected chi connectivity index (χ3v) is 2.39. The van der Waals surface area contributed by atoms with Crippen molar-refractivity contribution in [3.8, 4) is 0 Å². The molecule has 0 aliphatic carbocycles. The molecule has 63 valence electrons. The van der Waals surface area contributed by atoms with Gasteiger partial charge < -0.3 is 5.32 Å². The van der Waals surface area contributed by atoms with Crippen molar-refractivity contribution in [3.05, 3.63) is 29.8 Å². The summed E-state index contributed by atoms with van der Waals surface area (Å²) in [6.07, 6.45) is 0. The van der Waals surface area contributed by atoms with Crippen molar-refractivity contribution in [2.75, 3.05) is 6.54 Å². The van der Waals surface area contributed by atoms with Crippen LogP contribution in [-0.2, 0) is 0 Å². The minimum atomic E-state index is 0.420. The van der Waals surface area contributed by atoms with Gasteiger partial charge in [0.1, 0.15) is 0 Å². The van der Waals surface area contributed by atoms with E-state index in [1.165, 1.54) is 10.8 Å². The molecule has 0 aliphatic heterocycles. The Morgan fingerprint density at radius 3 is 2.67 bits per heavy atom. The van der Waals surface area contributed by atoms with Crippen molar-refractivity contribution in [3.63, 3.8) is 0 Å². The first-order valence-corrected chi connectivity index (χ1v) is 4.79. The van der Waals surface area contributed by atoms with Crippen molar-refractivity contribution in [2.45, 2.75) is 19.9 Å². The van der Waals surface area contributed by atoms with Crippen molar-refractivity contribution in [2.24, 2.45) is 0 Å². The molecule has 1 nitrogen and oxygen atoms in total. The fraction of sp³-hybridized carbons (Fsp3) is 0.400. The van der Waals surface area contributed by atoms with Crippen LogP contribution in [0.5, 0.6) is 0 Å². The third-order valence-electron chi connectivity index (χ3n) is 1.94. The lowest BCUT2D eigenvalue weighted by molar-refractivity contribution is 0.601. The van der Waals surface area contributed by atoms with Gasteiger partial charge in [0.15, 0.2) is 0 Å². The number of hydrogen-bond donors (Lipinski definition) is 1. The molecule has 12 heavy (non-hydrogen) atoms. The number of hydrogen-bond acceptors (Lipinski definition) is 1. The average Bonchev–Trinajstić information content (AvgIpc) is 2.05. The van der Waals surface area contributed by atoms with E-state index in [4.69, 9.17) is 0 Å². The highest BCUT2D eigenvalue weighted by atomic mass is 28.1. The van der Waals surface area contributed by atoms with Crippen LogP contribution in [0.15, 0.2) is 24.3 Å². The van der Waals surface area contributed by atoms with Gasteiger partial charge in [-0.1, -0.05) is 36.4 Å². The van der Waals surface area contributed by atoms with Crippen molar-refractivity contribution < 1.29 is 0 Å². The molecule has 0 heterocycles. The van der Waals surface area contributed by atoms with Gasteiger partial charge in [-0.15, -0.1) is 0 Å². The van der Waals surface area contributed by atoms with Gasteiger partial charge in [-0.2, -0.15) is 0 Å². The molecule has 1 N–H and O–H groups in total. The van der Waals surface area contributed by atoms with Crippen molar-refractivity contribution in [1.29, 1.82) is 0 Å². The van der Waals surface area contributed by atoms with E-state index in [0.717, 1.165) is 6.54 Å². The monoisotopic (exact) mass is 176 g/mol. The highest BCUT2D eigenvalue weighted by Gasteiger charge is 2.04. The van der Waals surface area contributed by atoms with E-state index in [9.17, 15) is 0 Å². The number of rotatable bonds is 3. The standard InChI is InChI=1S/C10H14NSi/c1-3-11-8(2)9-6-4-5-7-10(9)12/h4-8,11H,3H2,1-2H3. The molecule has 1 unspecified atom stereocenters. The molecule has 0 aromatic heterocycles. The molecule has 1 rings (SSSR count).